The van der Waals surface area contributed by atoms with Gasteiger partial charge in [0.25, 0.3) is 0 Å². The Labute approximate surface area is 185 Å². The summed E-state index contributed by atoms with van der Waals surface area (Å²) in [5, 5.41) is 3.52. The fourth-order valence-electron chi connectivity index (χ4n) is 4.58. The zero-order valence-corrected chi connectivity index (χ0v) is 18.6. The number of hydrogen-bond donors (Lipinski definition) is 1. The topological polar surface area (TPSA) is 31.1 Å². The van der Waals surface area contributed by atoms with E-state index in [1.54, 1.807) is 0 Å². The van der Waals surface area contributed by atoms with Crippen LogP contribution in [0.15, 0.2) is 12.1 Å². The Kier molecular flexibility index (Phi) is 7.66. The quantitative estimate of drug-likeness (QED) is 0.395. The third-order valence-corrected chi connectivity index (χ3v) is 6.72. The summed E-state index contributed by atoms with van der Waals surface area (Å²) in [7, 11) is 1.93. The highest BCUT2D eigenvalue weighted by Crippen LogP contribution is 2.35. The fourth-order valence-corrected chi connectivity index (χ4v) is 4.88. The van der Waals surface area contributed by atoms with E-state index in [4.69, 9.17) is 17.0 Å². The molecule has 4 rings (SSSR count). The number of halogens is 4. The van der Waals surface area contributed by atoms with Crippen molar-refractivity contribution >= 4 is 24.6 Å². The van der Waals surface area contributed by atoms with E-state index in [0.717, 1.165) is 69.1 Å². The van der Waals surface area contributed by atoms with Crippen LogP contribution in [0.25, 0.3) is 0 Å². The molecule has 0 saturated carbocycles. The molecule has 3 heterocycles. The molecule has 9 heteroatoms. The van der Waals surface area contributed by atoms with Gasteiger partial charge in [0.05, 0.1) is 0 Å². The van der Waals surface area contributed by atoms with Crippen molar-refractivity contribution in [1.29, 1.82) is 0 Å². The van der Waals surface area contributed by atoms with E-state index < -0.39 is 23.4 Å². The number of rotatable bonds is 6. The average molecular weight is 462 g/mol. The van der Waals surface area contributed by atoms with Crippen LogP contribution < -0.4 is 5.32 Å². The summed E-state index contributed by atoms with van der Waals surface area (Å²) >= 11 is 5.55. The lowest BCUT2D eigenvalue weighted by atomic mass is 9.95. The van der Waals surface area contributed by atoms with Gasteiger partial charge < -0.3 is 19.2 Å². The third kappa shape index (κ3) is 4.47. The SMILES string of the molecule is Cl.Cn1c(CCNCC2CCOCC2)c2n(c1=S)CC(c1c(F)ccc(F)c1F)C2. The van der Waals surface area contributed by atoms with Gasteiger partial charge in [-0.15, -0.1) is 12.4 Å². The molecule has 1 unspecified atom stereocenters. The van der Waals surface area contributed by atoms with Gasteiger partial charge in [-0.2, -0.15) is 0 Å². The summed E-state index contributed by atoms with van der Waals surface area (Å²) in [6, 6.07) is 1.83. The van der Waals surface area contributed by atoms with Crippen LogP contribution in [0.4, 0.5) is 13.2 Å². The molecule has 166 valence electrons. The van der Waals surface area contributed by atoms with Gasteiger partial charge in [-0.1, -0.05) is 0 Å². The number of nitrogens with one attached hydrogen (secondary N) is 1. The Hall–Kier alpha value is -1.35. The first-order chi connectivity index (χ1) is 14.0. The van der Waals surface area contributed by atoms with E-state index in [9.17, 15) is 13.2 Å². The molecule has 0 spiro atoms. The van der Waals surface area contributed by atoms with Gasteiger partial charge in [0.15, 0.2) is 16.4 Å². The first-order valence-electron chi connectivity index (χ1n) is 10.2. The Morgan fingerprint density at radius 3 is 2.60 bits per heavy atom. The first-order valence-corrected chi connectivity index (χ1v) is 10.6. The molecule has 2 aliphatic rings. The van der Waals surface area contributed by atoms with E-state index in [2.05, 4.69) is 5.32 Å². The maximum absolute atomic E-state index is 14.3. The molecular formula is C21H27ClF3N3OS. The molecule has 2 aliphatic heterocycles. The van der Waals surface area contributed by atoms with Gasteiger partial charge in [0, 0.05) is 62.6 Å². The van der Waals surface area contributed by atoms with Crippen molar-refractivity contribution in [3.63, 3.8) is 0 Å². The van der Waals surface area contributed by atoms with Crippen molar-refractivity contribution in [2.75, 3.05) is 26.3 Å². The number of nitrogens with zero attached hydrogens (tertiary/aromatic N) is 2. The normalized spacial score (nSPS) is 19.0. The molecule has 0 radical (unpaired) electrons. The standard InChI is InChI=1S/C21H26F3N3OS.ClH/c1-26-17(4-7-25-11-13-5-8-28-9-6-13)18-10-14(12-27(18)21(26)29)19-15(22)2-3-16(23)20(19)24;/h2-3,13-14,25H,4-12H2,1H3;1H. The number of aromatic nitrogens is 2. The molecule has 0 amide bonds. The zero-order valence-electron chi connectivity index (χ0n) is 16.9. The predicted molar refractivity (Wildman–Crippen MR) is 114 cm³/mol. The molecule has 1 N–H and O–H groups in total. The number of hydrogen-bond acceptors (Lipinski definition) is 3. The lowest BCUT2D eigenvalue weighted by Gasteiger charge is -2.22. The molecule has 0 bridgehead atoms. The molecular weight excluding hydrogens is 435 g/mol. The van der Waals surface area contributed by atoms with Crippen molar-refractivity contribution in [2.45, 2.75) is 38.1 Å². The Morgan fingerprint density at radius 2 is 1.87 bits per heavy atom. The minimum absolute atomic E-state index is 0. The fraction of sp³-hybridized carbons (Fsp3) is 0.571. The highest BCUT2D eigenvalue weighted by Gasteiger charge is 2.32. The van der Waals surface area contributed by atoms with Gasteiger partial charge in [-0.25, -0.2) is 13.2 Å². The van der Waals surface area contributed by atoms with Crippen molar-refractivity contribution < 1.29 is 17.9 Å². The van der Waals surface area contributed by atoms with Crippen LogP contribution in [-0.2, 0) is 31.2 Å². The van der Waals surface area contributed by atoms with Crippen LogP contribution in [0, 0.1) is 28.1 Å². The van der Waals surface area contributed by atoms with Crippen molar-refractivity contribution in [3.8, 4) is 0 Å². The van der Waals surface area contributed by atoms with Gasteiger partial charge in [0.1, 0.15) is 5.82 Å². The summed E-state index contributed by atoms with van der Waals surface area (Å²) in [6.45, 7) is 3.82. The lowest BCUT2D eigenvalue weighted by molar-refractivity contribution is 0.0664. The number of imidazole rings is 1. The molecule has 1 atom stereocenters. The largest absolute Gasteiger partial charge is 0.381 e. The van der Waals surface area contributed by atoms with Crippen molar-refractivity contribution in [3.05, 3.63) is 51.3 Å². The highest BCUT2D eigenvalue weighted by atomic mass is 35.5. The van der Waals surface area contributed by atoms with Crippen LogP contribution >= 0.6 is 24.6 Å². The second-order valence-electron chi connectivity index (χ2n) is 8.01. The lowest BCUT2D eigenvalue weighted by Crippen LogP contribution is -2.29. The molecule has 1 aromatic heterocycles. The summed E-state index contributed by atoms with van der Waals surface area (Å²) < 4.78 is 52.1. The summed E-state index contributed by atoms with van der Waals surface area (Å²) in [5.74, 6) is -2.60. The van der Waals surface area contributed by atoms with E-state index in [1.165, 1.54) is 0 Å². The average Bonchev–Trinajstić information content (AvgIpc) is 3.23. The molecule has 1 fully saturated rings. The Morgan fingerprint density at radius 1 is 1.17 bits per heavy atom. The van der Waals surface area contributed by atoms with Crippen LogP contribution in [0.2, 0.25) is 0 Å². The Bertz CT molecular complexity index is 956. The molecule has 1 aromatic carbocycles. The van der Waals surface area contributed by atoms with Crippen molar-refractivity contribution in [2.24, 2.45) is 13.0 Å². The van der Waals surface area contributed by atoms with Crippen LogP contribution in [-0.4, -0.2) is 35.4 Å². The number of benzene rings is 1. The first kappa shape index (κ1) is 23.3. The Balaban J connectivity index is 0.00000256. The second-order valence-corrected chi connectivity index (χ2v) is 8.38. The third-order valence-electron chi connectivity index (χ3n) is 6.22. The van der Waals surface area contributed by atoms with E-state index in [-0.39, 0.29) is 18.0 Å². The minimum atomic E-state index is -1.09. The van der Waals surface area contributed by atoms with E-state index in [0.29, 0.717) is 23.7 Å². The van der Waals surface area contributed by atoms with E-state index >= 15 is 0 Å². The maximum atomic E-state index is 14.3. The van der Waals surface area contributed by atoms with Crippen LogP contribution in [0.1, 0.15) is 35.7 Å². The summed E-state index contributed by atoms with van der Waals surface area (Å²) in [6.07, 6.45) is 3.42. The highest BCUT2D eigenvalue weighted by molar-refractivity contribution is 7.71. The van der Waals surface area contributed by atoms with Crippen LogP contribution in [0.3, 0.4) is 0 Å². The smallest absolute Gasteiger partial charge is 0.179 e. The summed E-state index contributed by atoms with van der Waals surface area (Å²) in [4.78, 5) is 0. The molecule has 0 aliphatic carbocycles. The van der Waals surface area contributed by atoms with Crippen LogP contribution in [0.5, 0.6) is 0 Å². The molecule has 4 nitrogen and oxygen atoms in total. The minimum Gasteiger partial charge on any atom is -0.381 e. The molecule has 1 saturated heterocycles. The second kappa shape index (κ2) is 9.85. The predicted octanol–water partition coefficient (Wildman–Crippen LogP) is 4.29. The number of ether oxygens (including phenoxy) is 1. The van der Waals surface area contributed by atoms with Crippen molar-refractivity contribution in [1.82, 2.24) is 14.5 Å². The summed E-state index contributed by atoms with van der Waals surface area (Å²) in [5.41, 5.74) is 1.90. The van der Waals surface area contributed by atoms with Gasteiger partial charge >= 0.3 is 0 Å². The molecule has 30 heavy (non-hydrogen) atoms. The zero-order chi connectivity index (χ0) is 20.5. The monoisotopic (exact) mass is 461 g/mol. The van der Waals surface area contributed by atoms with Gasteiger partial charge in [0.2, 0.25) is 0 Å². The van der Waals surface area contributed by atoms with Gasteiger partial charge in [-0.05, 0) is 56.1 Å². The molecule has 2 aromatic rings. The van der Waals surface area contributed by atoms with Gasteiger partial charge in [-0.3, -0.25) is 0 Å². The number of fused-ring (bicyclic) bond motifs is 1. The maximum Gasteiger partial charge on any atom is 0.179 e. The van der Waals surface area contributed by atoms with E-state index in [1.807, 2.05) is 16.2 Å².